The van der Waals surface area contributed by atoms with Gasteiger partial charge in [0.15, 0.2) is 6.10 Å². The van der Waals surface area contributed by atoms with E-state index in [4.69, 9.17) is 18.5 Å². The fourth-order valence-electron chi connectivity index (χ4n) is 6.74. The monoisotopic (exact) mass is 907 g/mol. The van der Waals surface area contributed by atoms with Crippen LogP contribution in [0.1, 0.15) is 213 Å². The Kier molecular flexibility index (Phi) is 43.3. The van der Waals surface area contributed by atoms with Gasteiger partial charge in [-0.2, -0.15) is 0 Å². The predicted molar refractivity (Wildman–Crippen MR) is 266 cm³/mol. The van der Waals surface area contributed by atoms with Crippen LogP contribution in [0.2, 0.25) is 0 Å². The quantitative estimate of drug-likeness (QED) is 0.0212. The summed E-state index contributed by atoms with van der Waals surface area (Å²) in [5.41, 5.74) is 0. The Hall–Kier alpha value is -2.29. The van der Waals surface area contributed by atoms with Crippen LogP contribution >= 0.6 is 7.82 Å². The maximum absolute atomic E-state index is 12.8. The first-order chi connectivity index (χ1) is 30.5. The molecule has 0 rings (SSSR count). The molecule has 0 aromatic heterocycles. The number of phosphoric acid groups is 1. The highest BCUT2D eigenvalue weighted by atomic mass is 31.2. The van der Waals surface area contributed by atoms with Gasteiger partial charge in [0.2, 0.25) is 0 Å². The largest absolute Gasteiger partial charge is 0.472 e. The Bertz CT molecular complexity index is 1250. The molecule has 2 unspecified atom stereocenters. The van der Waals surface area contributed by atoms with E-state index in [1.807, 2.05) is 21.1 Å². The standard InChI is InChI=1S/C53H96NO8P/c1-6-8-10-12-14-16-18-20-22-23-24-25-26-27-28-29-30-31-32-34-36-38-40-42-44-46-53(56)62-51(50-61-63(57,58)60-48-47-54(3,4)5)49-59-52(55)45-43-41-39-37-35-33-21-19-17-15-13-11-9-7-2/h13,15,18-21,23-24,26-27,51H,6-12,14,16-17,22,25,28-50H2,1-5H3/p+1/b15-13-,20-18-,21-19-,24-23-,27-26-. The lowest BCUT2D eigenvalue weighted by atomic mass is 10.0. The van der Waals surface area contributed by atoms with Gasteiger partial charge in [0.1, 0.15) is 19.8 Å². The second-order valence-electron chi connectivity index (χ2n) is 18.2. The van der Waals surface area contributed by atoms with Crippen LogP contribution in [0.15, 0.2) is 60.8 Å². The molecule has 0 aliphatic carbocycles. The number of carbonyl (C=O) groups excluding carboxylic acids is 2. The summed E-state index contributed by atoms with van der Waals surface area (Å²) in [4.78, 5) is 35.5. The number of hydrogen-bond acceptors (Lipinski definition) is 7. The molecule has 0 saturated heterocycles. The highest BCUT2D eigenvalue weighted by Gasteiger charge is 2.27. The van der Waals surface area contributed by atoms with E-state index in [-0.39, 0.29) is 32.0 Å². The van der Waals surface area contributed by atoms with Gasteiger partial charge in [0.05, 0.1) is 27.7 Å². The van der Waals surface area contributed by atoms with Crippen molar-refractivity contribution >= 4 is 19.8 Å². The highest BCUT2D eigenvalue weighted by Crippen LogP contribution is 2.43. The van der Waals surface area contributed by atoms with Crippen molar-refractivity contribution in [2.24, 2.45) is 0 Å². The van der Waals surface area contributed by atoms with E-state index >= 15 is 0 Å². The van der Waals surface area contributed by atoms with Crippen LogP contribution in [0.4, 0.5) is 0 Å². The molecule has 63 heavy (non-hydrogen) atoms. The van der Waals surface area contributed by atoms with Crippen molar-refractivity contribution in [3.8, 4) is 0 Å². The number of unbranched alkanes of at least 4 members (excludes halogenated alkanes) is 22. The molecule has 0 amide bonds. The molecule has 0 radical (unpaired) electrons. The van der Waals surface area contributed by atoms with Crippen LogP contribution < -0.4 is 0 Å². The molecule has 0 fully saturated rings. The topological polar surface area (TPSA) is 108 Å². The molecular formula is C53H97NO8P+. The van der Waals surface area contributed by atoms with Gasteiger partial charge >= 0.3 is 19.8 Å². The number of likely N-dealkylation sites (N-methyl/N-ethyl adjacent to an activating group) is 1. The summed E-state index contributed by atoms with van der Waals surface area (Å²) in [6, 6.07) is 0. The maximum Gasteiger partial charge on any atom is 0.472 e. The van der Waals surface area contributed by atoms with E-state index in [1.165, 1.54) is 89.9 Å². The molecule has 9 nitrogen and oxygen atoms in total. The molecule has 0 aromatic carbocycles. The highest BCUT2D eigenvalue weighted by molar-refractivity contribution is 7.47. The molecular weight excluding hydrogens is 810 g/mol. The molecule has 0 aliphatic heterocycles. The maximum atomic E-state index is 12.8. The third-order valence-electron chi connectivity index (χ3n) is 10.8. The molecule has 0 saturated carbocycles. The summed E-state index contributed by atoms with van der Waals surface area (Å²) in [7, 11) is 1.46. The lowest BCUT2D eigenvalue weighted by Crippen LogP contribution is -2.37. The lowest BCUT2D eigenvalue weighted by Gasteiger charge is -2.24. The summed E-state index contributed by atoms with van der Waals surface area (Å²) in [6.45, 7) is 4.36. The number of esters is 2. The average molecular weight is 907 g/mol. The van der Waals surface area contributed by atoms with Gasteiger partial charge in [-0.1, -0.05) is 184 Å². The second-order valence-corrected chi connectivity index (χ2v) is 19.6. The molecule has 2 atom stereocenters. The minimum atomic E-state index is -4.39. The van der Waals surface area contributed by atoms with Crippen molar-refractivity contribution in [3.05, 3.63) is 60.8 Å². The lowest BCUT2D eigenvalue weighted by molar-refractivity contribution is -0.870. The van der Waals surface area contributed by atoms with Crippen LogP contribution in [-0.4, -0.2) is 74.9 Å². The van der Waals surface area contributed by atoms with Crippen molar-refractivity contribution in [1.29, 1.82) is 0 Å². The Labute approximate surface area is 387 Å². The number of phosphoric ester groups is 1. The van der Waals surface area contributed by atoms with Crippen molar-refractivity contribution in [2.45, 2.75) is 219 Å². The predicted octanol–water partition coefficient (Wildman–Crippen LogP) is 15.2. The van der Waals surface area contributed by atoms with Crippen molar-refractivity contribution in [3.63, 3.8) is 0 Å². The van der Waals surface area contributed by atoms with Crippen LogP contribution in [0, 0.1) is 0 Å². The van der Waals surface area contributed by atoms with Crippen molar-refractivity contribution in [1.82, 2.24) is 0 Å². The molecule has 1 N–H and O–H groups in total. The first kappa shape index (κ1) is 60.7. The van der Waals surface area contributed by atoms with Gasteiger partial charge < -0.3 is 18.9 Å². The third kappa shape index (κ3) is 49.0. The molecule has 0 heterocycles. The second kappa shape index (κ2) is 44.9. The zero-order valence-corrected chi connectivity index (χ0v) is 42.2. The average Bonchev–Trinajstić information content (AvgIpc) is 3.24. The molecule has 366 valence electrons. The van der Waals surface area contributed by atoms with Crippen molar-refractivity contribution < 1.29 is 42.1 Å². The fourth-order valence-corrected chi connectivity index (χ4v) is 7.48. The Morgan fingerprint density at radius 1 is 0.492 bits per heavy atom. The SMILES string of the molecule is CCCC/C=C\C/C=C\CCCCCCCC(=O)OCC(COP(=O)(O)OCC[N+](C)(C)C)OC(=O)CCCCCCCCCCCC/C=C\C/C=C\C/C=C\CCCCCCC. The van der Waals surface area contributed by atoms with Gasteiger partial charge in [-0.05, 0) is 77.0 Å². The van der Waals surface area contributed by atoms with Crippen LogP contribution in [-0.2, 0) is 32.7 Å². The van der Waals surface area contributed by atoms with Gasteiger partial charge in [-0.3, -0.25) is 18.6 Å². The first-order valence-electron chi connectivity index (χ1n) is 25.5. The summed E-state index contributed by atoms with van der Waals surface area (Å²) in [5, 5.41) is 0. The van der Waals surface area contributed by atoms with E-state index in [9.17, 15) is 19.0 Å². The van der Waals surface area contributed by atoms with E-state index < -0.39 is 26.5 Å². The normalized spacial score (nSPS) is 13.9. The van der Waals surface area contributed by atoms with Crippen molar-refractivity contribution in [2.75, 3.05) is 47.5 Å². The molecule has 0 bridgehead atoms. The van der Waals surface area contributed by atoms with Crippen LogP contribution in [0.3, 0.4) is 0 Å². The van der Waals surface area contributed by atoms with E-state index in [1.54, 1.807) is 0 Å². The molecule has 0 aromatic rings. The zero-order chi connectivity index (χ0) is 46.4. The van der Waals surface area contributed by atoms with E-state index in [2.05, 4.69) is 74.6 Å². The number of hydrogen-bond donors (Lipinski definition) is 1. The Balaban J connectivity index is 4.24. The number of carbonyl (C=O) groups is 2. The Morgan fingerprint density at radius 2 is 0.873 bits per heavy atom. The number of quaternary nitrogens is 1. The van der Waals surface area contributed by atoms with Gasteiger partial charge in [0, 0.05) is 12.8 Å². The smallest absolute Gasteiger partial charge is 0.462 e. The van der Waals surface area contributed by atoms with Gasteiger partial charge in [-0.25, -0.2) is 4.57 Å². The number of ether oxygens (including phenoxy) is 2. The summed E-state index contributed by atoms with van der Waals surface area (Å²) in [6.07, 6.45) is 55.6. The van der Waals surface area contributed by atoms with Crippen LogP contribution in [0.25, 0.3) is 0 Å². The molecule has 0 spiro atoms. The van der Waals surface area contributed by atoms with E-state index in [0.717, 1.165) is 89.9 Å². The Morgan fingerprint density at radius 3 is 1.32 bits per heavy atom. The molecule has 0 aliphatic rings. The minimum Gasteiger partial charge on any atom is -0.462 e. The van der Waals surface area contributed by atoms with Gasteiger partial charge in [0.25, 0.3) is 0 Å². The first-order valence-corrected chi connectivity index (χ1v) is 27.0. The number of rotatable bonds is 46. The number of allylic oxidation sites excluding steroid dienone is 10. The fraction of sp³-hybridized carbons (Fsp3) is 0.774. The summed E-state index contributed by atoms with van der Waals surface area (Å²) in [5.74, 6) is -0.819. The third-order valence-corrected chi connectivity index (χ3v) is 11.8. The summed E-state index contributed by atoms with van der Waals surface area (Å²) < 4.78 is 34.4. The minimum absolute atomic E-state index is 0.0264. The van der Waals surface area contributed by atoms with Crippen LogP contribution in [0.5, 0.6) is 0 Å². The number of nitrogens with zero attached hydrogens (tertiary/aromatic N) is 1. The molecule has 10 heteroatoms. The van der Waals surface area contributed by atoms with Gasteiger partial charge in [-0.15, -0.1) is 0 Å². The zero-order valence-electron chi connectivity index (χ0n) is 41.3. The summed E-state index contributed by atoms with van der Waals surface area (Å²) >= 11 is 0. The van der Waals surface area contributed by atoms with E-state index in [0.29, 0.717) is 17.4 Å².